The van der Waals surface area contributed by atoms with Crippen LogP contribution in [0.3, 0.4) is 0 Å². The van der Waals surface area contributed by atoms with Crippen molar-refractivity contribution in [2.24, 2.45) is 17.3 Å². The second-order valence-corrected chi connectivity index (χ2v) is 8.05. The number of piperazine rings is 1. The van der Waals surface area contributed by atoms with Crippen molar-refractivity contribution >= 4 is 0 Å². The Bertz CT molecular complexity index is 297. The van der Waals surface area contributed by atoms with Crippen LogP contribution in [0, 0.1) is 17.3 Å². The van der Waals surface area contributed by atoms with Crippen LogP contribution in [0.1, 0.15) is 39.5 Å². The topological polar surface area (TPSA) is 18.5 Å². The summed E-state index contributed by atoms with van der Waals surface area (Å²) in [6.45, 7) is 15.3. The molecule has 1 N–H and O–H groups in total. The van der Waals surface area contributed by atoms with Crippen LogP contribution < -0.4 is 5.32 Å². The summed E-state index contributed by atoms with van der Waals surface area (Å²) in [5.41, 5.74) is 0.464. The molecule has 20 heavy (non-hydrogen) atoms. The lowest BCUT2D eigenvalue weighted by Crippen LogP contribution is -2.51. The van der Waals surface area contributed by atoms with Gasteiger partial charge in [-0.2, -0.15) is 0 Å². The van der Waals surface area contributed by atoms with Crippen molar-refractivity contribution in [1.82, 2.24) is 15.1 Å². The Hall–Kier alpha value is -0.120. The summed E-state index contributed by atoms with van der Waals surface area (Å²) < 4.78 is 0. The maximum absolute atomic E-state index is 3.59. The Morgan fingerprint density at radius 2 is 1.70 bits per heavy atom. The van der Waals surface area contributed by atoms with Crippen molar-refractivity contribution in [3.05, 3.63) is 0 Å². The van der Waals surface area contributed by atoms with Gasteiger partial charge in [0.1, 0.15) is 0 Å². The zero-order valence-electron chi connectivity index (χ0n) is 13.5. The van der Waals surface area contributed by atoms with Crippen LogP contribution in [0.4, 0.5) is 0 Å². The fourth-order valence-corrected chi connectivity index (χ4v) is 4.02. The number of piperidine rings is 1. The highest BCUT2D eigenvalue weighted by molar-refractivity contribution is 4.87. The molecule has 3 heteroatoms. The number of nitrogens with zero attached hydrogens (tertiary/aromatic N) is 2. The summed E-state index contributed by atoms with van der Waals surface area (Å²) >= 11 is 0. The van der Waals surface area contributed by atoms with Gasteiger partial charge in [0.25, 0.3) is 0 Å². The molecule has 0 aromatic heterocycles. The van der Waals surface area contributed by atoms with E-state index in [9.17, 15) is 0 Å². The first kappa shape index (κ1) is 14.8. The lowest BCUT2D eigenvalue weighted by Gasteiger charge is -2.43. The predicted octanol–water partition coefficient (Wildman–Crippen LogP) is 2.04. The van der Waals surface area contributed by atoms with E-state index >= 15 is 0 Å². The van der Waals surface area contributed by atoms with E-state index in [1.165, 1.54) is 78.0 Å². The Labute approximate surface area is 125 Å². The third-order valence-corrected chi connectivity index (χ3v) is 5.71. The van der Waals surface area contributed by atoms with E-state index in [0.717, 1.165) is 11.8 Å². The molecule has 3 fully saturated rings. The average Bonchev–Trinajstić information content (AvgIpc) is 3.26. The summed E-state index contributed by atoms with van der Waals surface area (Å²) in [5.74, 6) is 1.91. The van der Waals surface area contributed by atoms with Gasteiger partial charge in [-0.15, -0.1) is 0 Å². The van der Waals surface area contributed by atoms with Crippen LogP contribution in [0.25, 0.3) is 0 Å². The van der Waals surface area contributed by atoms with Crippen LogP contribution in [0.5, 0.6) is 0 Å². The van der Waals surface area contributed by atoms with Crippen LogP contribution in [-0.4, -0.2) is 62.2 Å². The van der Waals surface area contributed by atoms with Gasteiger partial charge in [-0.05, 0) is 56.0 Å². The zero-order valence-corrected chi connectivity index (χ0v) is 13.5. The van der Waals surface area contributed by atoms with Gasteiger partial charge in [0.15, 0.2) is 0 Å². The standard InChI is InChI=1S/C17H33N3/c1-17(2,16-4-3-7-18-12-16)14-20-10-8-19(9-11-20)13-15-5-6-15/h15-16,18H,3-14H2,1-2H3. The molecule has 3 aliphatic rings. The highest BCUT2D eigenvalue weighted by Crippen LogP contribution is 2.33. The van der Waals surface area contributed by atoms with Gasteiger partial charge in [-0.1, -0.05) is 13.8 Å². The first-order valence-electron chi connectivity index (χ1n) is 8.79. The summed E-state index contributed by atoms with van der Waals surface area (Å²) in [6, 6.07) is 0. The highest BCUT2D eigenvalue weighted by Gasteiger charge is 2.33. The van der Waals surface area contributed by atoms with Crippen LogP contribution >= 0.6 is 0 Å². The van der Waals surface area contributed by atoms with E-state index in [0.29, 0.717) is 5.41 Å². The van der Waals surface area contributed by atoms with Gasteiger partial charge in [-0.25, -0.2) is 0 Å². The molecule has 2 heterocycles. The van der Waals surface area contributed by atoms with E-state index in [2.05, 4.69) is 29.0 Å². The third kappa shape index (κ3) is 3.96. The second kappa shape index (κ2) is 6.33. The van der Waals surface area contributed by atoms with E-state index in [1.807, 2.05) is 0 Å². The molecule has 0 aromatic rings. The van der Waals surface area contributed by atoms with Crippen molar-refractivity contribution in [3.63, 3.8) is 0 Å². The molecule has 2 saturated heterocycles. The molecule has 0 radical (unpaired) electrons. The van der Waals surface area contributed by atoms with Crippen LogP contribution in [0.15, 0.2) is 0 Å². The van der Waals surface area contributed by atoms with Gasteiger partial charge >= 0.3 is 0 Å². The maximum atomic E-state index is 3.59. The summed E-state index contributed by atoms with van der Waals surface area (Å²) in [7, 11) is 0. The lowest BCUT2D eigenvalue weighted by atomic mass is 9.74. The molecule has 3 nitrogen and oxygen atoms in total. The minimum absolute atomic E-state index is 0.464. The van der Waals surface area contributed by atoms with E-state index < -0.39 is 0 Å². The molecule has 0 amide bonds. The van der Waals surface area contributed by atoms with E-state index in [4.69, 9.17) is 0 Å². The average molecular weight is 279 g/mol. The second-order valence-electron chi connectivity index (χ2n) is 8.05. The summed E-state index contributed by atoms with van der Waals surface area (Å²) in [4.78, 5) is 5.42. The molecule has 0 bridgehead atoms. The smallest absolute Gasteiger partial charge is 0.0110 e. The van der Waals surface area contributed by atoms with E-state index in [-0.39, 0.29) is 0 Å². The number of rotatable bonds is 5. The molecular weight excluding hydrogens is 246 g/mol. The van der Waals surface area contributed by atoms with Gasteiger partial charge in [0, 0.05) is 39.3 Å². The van der Waals surface area contributed by atoms with Gasteiger partial charge in [-0.3, -0.25) is 0 Å². The molecule has 1 aliphatic carbocycles. The molecule has 1 unspecified atom stereocenters. The molecule has 3 rings (SSSR count). The highest BCUT2D eigenvalue weighted by atomic mass is 15.3. The monoisotopic (exact) mass is 279 g/mol. The number of hydrogen-bond donors (Lipinski definition) is 1. The van der Waals surface area contributed by atoms with Crippen LogP contribution in [0.2, 0.25) is 0 Å². The molecule has 0 spiro atoms. The van der Waals surface area contributed by atoms with Crippen molar-refractivity contribution in [2.75, 3.05) is 52.4 Å². The first-order valence-corrected chi connectivity index (χ1v) is 8.79. The third-order valence-electron chi connectivity index (χ3n) is 5.71. The van der Waals surface area contributed by atoms with Crippen molar-refractivity contribution in [3.8, 4) is 0 Å². The molecule has 2 aliphatic heterocycles. The molecule has 0 aromatic carbocycles. The Morgan fingerprint density at radius 1 is 1.00 bits per heavy atom. The quantitative estimate of drug-likeness (QED) is 0.831. The predicted molar refractivity (Wildman–Crippen MR) is 85.0 cm³/mol. The Morgan fingerprint density at radius 3 is 2.30 bits per heavy atom. The summed E-state index contributed by atoms with van der Waals surface area (Å²) in [5, 5.41) is 3.59. The van der Waals surface area contributed by atoms with Crippen molar-refractivity contribution in [2.45, 2.75) is 39.5 Å². The molecular formula is C17H33N3. The van der Waals surface area contributed by atoms with Gasteiger partial charge < -0.3 is 15.1 Å². The maximum Gasteiger partial charge on any atom is 0.0110 e. The Kier molecular flexibility index (Phi) is 4.68. The minimum Gasteiger partial charge on any atom is -0.316 e. The Balaban J connectivity index is 1.43. The zero-order chi connectivity index (χ0) is 14.0. The fraction of sp³-hybridized carbons (Fsp3) is 1.00. The molecule has 1 atom stereocenters. The molecule has 1 saturated carbocycles. The van der Waals surface area contributed by atoms with Gasteiger partial charge in [0.2, 0.25) is 0 Å². The molecule has 116 valence electrons. The number of hydrogen-bond acceptors (Lipinski definition) is 3. The SMILES string of the molecule is CC(C)(CN1CCN(CC2CC2)CC1)C1CCCNC1. The van der Waals surface area contributed by atoms with Crippen molar-refractivity contribution in [1.29, 1.82) is 0 Å². The van der Waals surface area contributed by atoms with Gasteiger partial charge in [0.05, 0.1) is 0 Å². The normalized spacial score (nSPS) is 30.6. The van der Waals surface area contributed by atoms with Crippen LogP contribution in [-0.2, 0) is 0 Å². The first-order chi connectivity index (χ1) is 9.63. The fourth-order valence-electron chi connectivity index (χ4n) is 4.02. The van der Waals surface area contributed by atoms with Crippen molar-refractivity contribution < 1.29 is 0 Å². The van der Waals surface area contributed by atoms with E-state index in [1.54, 1.807) is 0 Å². The summed E-state index contributed by atoms with van der Waals surface area (Å²) in [6.07, 6.45) is 5.76. The lowest BCUT2D eigenvalue weighted by molar-refractivity contribution is 0.0606. The number of nitrogens with one attached hydrogen (secondary N) is 1. The minimum atomic E-state index is 0.464. The largest absolute Gasteiger partial charge is 0.316 e.